The van der Waals surface area contributed by atoms with E-state index in [9.17, 15) is 9.59 Å². The molecule has 1 aromatic carbocycles. The SMILES string of the molecule is CCCN(CCC)C(=O)c1nc(C(=O)NCc2cccc(C)c2)c2n1CCCC2. The van der Waals surface area contributed by atoms with Gasteiger partial charge in [0.15, 0.2) is 5.82 Å². The zero-order valence-electron chi connectivity index (χ0n) is 17.8. The number of benzene rings is 1. The minimum absolute atomic E-state index is 0.0606. The number of fused-ring (bicyclic) bond motifs is 1. The van der Waals surface area contributed by atoms with Crippen LogP contribution in [-0.4, -0.2) is 39.4 Å². The fraction of sp³-hybridized carbons (Fsp3) is 0.522. The van der Waals surface area contributed by atoms with Crippen molar-refractivity contribution in [1.82, 2.24) is 19.8 Å². The van der Waals surface area contributed by atoms with E-state index >= 15 is 0 Å². The lowest BCUT2D eigenvalue weighted by Crippen LogP contribution is -2.35. The van der Waals surface area contributed by atoms with E-state index in [4.69, 9.17) is 0 Å². The van der Waals surface area contributed by atoms with Crippen molar-refractivity contribution < 1.29 is 9.59 Å². The van der Waals surface area contributed by atoms with Gasteiger partial charge in [0.1, 0.15) is 5.69 Å². The highest BCUT2D eigenvalue weighted by atomic mass is 16.2. The normalized spacial score (nSPS) is 13.1. The van der Waals surface area contributed by atoms with E-state index in [-0.39, 0.29) is 11.8 Å². The second kappa shape index (κ2) is 9.72. The van der Waals surface area contributed by atoms with E-state index in [0.29, 0.717) is 31.2 Å². The van der Waals surface area contributed by atoms with Crippen molar-refractivity contribution in [3.63, 3.8) is 0 Å². The highest BCUT2D eigenvalue weighted by Gasteiger charge is 2.29. The molecule has 0 saturated carbocycles. The van der Waals surface area contributed by atoms with Gasteiger partial charge in [-0.2, -0.15) is 0 Å². The first-order chi connectivity index (χ1) is 14.0. The fourth-order valence-electron chi connectivity index (χ4n) is 3.97. The van der Waals surface area contributed by atoms with Gasteiger partial charge in [-0.25, -0.2) is 4.98 Å². The van der Waals surface area contributed by atoms with Gasteiger partial charge in [-0.15, -0.1) is 0 Å². The van der Waals surface area contributed by atoms with Gasteiger partial charge >= 0.3 is 0 Å². The summed E-state index contributed by atoms with van der Waals surface area (Å²) in [6.45, 7) is 8.80. The quantitative estimate of drug-likeness (QED) is 0.739. The molecular formula is C23H32N4O2. The lowest BCUT2D eigenvalue weighted by molar-refractivity contribution is 0.0737. The van der Waals surface area contributed by atoms with Gasteiger partial charge in [0.25, 0.3) is 11.8 Å². The van der Waals surface area contributed by atoms with Crippen molar-refractivity contribution >= 4 is 11.8 Å². The minimum atomic E-state index is -0.200. The number of imidazole rings is 1. The topological polar surface area (TPSA) is 67.2 Å². The van der Waals surface area contributed by atoms with Gasteiger partial charge in [0.2, 0.25) is 0 Å². The third-order valence-corrected chi connectivity index (χ3v) is 5.33. The van der Waals surface area contributed by atoms with E-state index < -0.39 is 0 Å². The van der Waals surface area contributed by atoms with Gasteiger partial charge in [-0.05, 0) is 44.6 Å². The first-order valence-electron chi connectivity index (χ1n) is 10.8. The number of hydrogen-bond donors (Lipinski definition) is 1. The summed E-state index contributed by atoms with van der Waals surface area (Å²) in [7, 11) is 0. The summed E-state index contributed by atoms with van der Waals surface area (Å²) in [4.78, 5) is 32.5. The molecule has 0 bridgehead atoms. The van der Waals surface area contributed by atoms with Crippen LogP contribution in [0.15, 0.2) is 24.3 Å². The second-order valence-electron chi connectivity index (χ2n) is 7.80. The Labute approximate surface area is 173 Å². The van der Waals surface area contributed by atoms with Gasteiger partial charge in [0.05, 0.1) is 5.69 Å². The van der Waals surface area contributed by atoms with Gasteiger partial charge in [0, 0.05) is 26.2 Å². The maximum atomic E-state index is 13.2. The van der Waals surface area contributed by atoms with Crippen LogP contribution in [0.4, 0.5) is 0 Å². The van der Waals surface area contributed by atoms with Crippen molar-refractivity contribution in [2.45, 2.75) is 66.0 Å². The molecule has 1 aliphatic heterocycles. The Kier molecular flexibility index (Phi) is 7.07. The van der Waals surface area contributed by atoms with Crippen LogP contribution in [-0.2, 0) is 19.5 Å². The van der Waals surface area contributed by atoms with E-state index in [2.05, 4.69) is 30.2 Å². The zero-order valence-corrected chi connectivity index (χ0v) is 17.8. The molecule has 2 amide bonds. The van der Waals surface area contributed by atoms with Crippen LogP contribution in [0.25, 0.3) is 0 Å². The molecule has 0 aliphatic carbocycles. The van der Waals surface area contributed by atoms with Crippen LogP contribution in [0, 0.1) is 6.92 Å². The number of amides is 2. The van der Waals surface area contributed by atoms with Crippen LogP contribution in [0.1, 0.15) is 77.5 Å². The maximum Gasteiger partial charge on any atom is 0.289 e. The van der Waals surface area contributed by atoms with E-state index in [1.807, 2.05) is 34.6 Å². The summed E-state index contributed by atoms with van der Waals surface area (Å²) in [5.74, 6) is 0.158. The average Bonchev–Trinajstić information content (AvgIpc) is 3.11. The predicted molar refractivity (Wildman–Crippen MR) is 114 cm³/mol. The Hall–Kier alpha value is -2.63. The summed E-state index contributed by atoms with van der Waals surface area (Å²) >= 11 is 0. The lowest BCUT2D eigenvalue weighted by atomic mass is 10.1. The van der Waals surface area contributed by atoms with Crippen LogP contribution < -0.4 is 5.32 Å². The van der Waals surface area contributed by atoms with Crippen molar-refractivity contribution in [2.24, 2.45) is 0 Å². The Morgan fingerprint density at radius 3 is 2.62 bits per heavy atom. The molecule has 6 nitrogen and oxygen atoms in total. The minimum Gasteiger partial charge on any atom is -0.347 e. The molecule has 0 unspecified atom stereocenters. The number of aromatic nitrogens is 2. The standard InChI is InChI=1S/C23H32N4O2/c1-4-12-26(13-5-2)23(29)21-25-20(19-11-6-7-14-27(19)21)22(28)24-16-18-10-8-9-17(3)15-18/h8-10,15H,4-7,11-14,16H2,1-3H3,(H,24,28). The second-order valence-corrected chi connectivity index (χ2v) is 7.80. The van der Waals surface area contributed by atoms with E-state index in [0.717, 1.165) is 55.5 Å². The maximum absolute atomic E-state index is 13.2. The molecule has 1 N–H and O–H groups in total. The number of aryl methyl sites for hydroxylation is 1. The first-order valence-corrected chi connectivity index (χ1v) is 10.8. The van der Waals surface area contributed by atoms with Crippen LogP contribution in [0.2, 0.25) is 0 Å². The summed E-state index contributed by atoms with van der Waals surface area (Å²) < 4.78 is 1.98. The summed E-state index contributed by atoms with van der Waals surface area (Å²) in [6, 6.07) is 8.08. The fourth-order valence-corrected chi connectivity index (χ4v) is 3.97. The molecule has 1 aliphatic rings. The molecular weight excluding hydrogens is 364 g/mol. The highest BCUT2D eigenvalue weighted by molar-refractivity contribution is 5.97. The van der Waals surface area contributed by atoms with Crippen molar-refractivity contribution in [2.75, 3.05) is 13.1 Å². The van der Waals surface area contributed by atoms with Crippen molar-refractivity contribution in [1.29, 1.82) is 0 Å². The Bertz CT molecular complexity index is 866. The molecule has 6 heteroatoms. The largest absolute Gasteiger partial charge is 0.347 e. The third kappa shape index (κ3) is 4.86. The van der Waals surface area contributed by atoms with Crippen LogP contribution in [0.5, 0.6) is 0 Å². The third-order valence-electron chi connectivity index (χ3n) is 5.33. The van der Waals surface area contributed by atoms with E-state index in [1.54, 1.807) is 0 Å². The van der Waals surface area contributed by atoms with E-state index in [1.165, 1.54) is 0 Å². The number of rotatable bonds is 8. The molecule has 0 saturated heterocycles. The van der Waals surface area contributed by atoms with Crippen LogP contribution in [0.3, 0.4) is 0 Å². The van der Waals surface area contributed by atoms with Crippen LogP contribution >= 0.6 is 0 Å². The molecule has 0 radical (unpaired) electrons. The number of nitrogens with zero attached hydrogens (tertiary/aromatic N) is 3. The molecule has 2 aromatic rings. The van der Waals surface area contributed by atoms with Gasteiger partial charge in [-0.3, -0.25) is 9.59 Å². The molecule has 1 aromatic heterocycles. The number of nitrogens with one attached hydrogen (secondary N) is 1. The summed E-state index contributed by atoms with van der Waals surface area (Å²) in [5.41, 5.74) is 3.53. The molecule has 0 spiro atoms. The predicted octanol–water partition coefficient (Wildman–Crippen LogP) is 3.72. The Morgan fingerprint density at radius 1 is 1.17 bits per heavy atom. The zero-order chi connectivity index (χ0) is 20.8. The molecule has 29 heavy (non-hydrogen) atoms. The average molecular weight is 397 g/mol. The van der Waals surface area contributed by atoms with Gasteiger partial charge < -0.3 is 14.8 Å². The summed E-state index contributed by atoms with van der Waals surface area (Å²) in [5, 5.41) is 2.98. The Balaban J connectivity index is 1.83. The van der Waals surface area contributed by atoms with Gasteiger partial charge in [-0.1, -0.05) is 43.7 Å². The molecule has 0 atom stereocenters. The lowest BCUT2D eigenvalue weighted by Gasteiger charge is -2.23. The molecule has 156 valence electrons. The van der Waals surface area contributed by atoms with Crippen molar-refractivity contribution in [3.05, 3.63) is 52.6 Å². The number of hydrogen-bond acceptors (Lipinski definition) is 3. The highest BCUT2D eigenvalue weighted by Crippen LogP contribution is 2.22. The number of carbonyl (C=O) groups is 2. The number of carbonyl (C=O) groups excluding carboxylic acids is 2. The first kappa shape index (κ1) is 21.1. The molecule has 0 fully saturated rings. The molecule has 2 heterocycles. The van der Waals surface area contributed by atoms with Crippen molar-refractivity contribution in [3.8, 4) is 0 Å². The molecule has 3 rings (SSSR count). The Morgan fingerprint density at radius 2 is 1.93 bits per heavy atom. The smallest absolute Gasteiger partial charge is 0.289 e. The monoisotopic (exact) mass is 396 g/mol. The summed E-state index contributed by atoms with van der Waals surface area (Å²) in [6.07, 6.45) is 4.63.